The summed E-state index contributed by atoms with van der Waals surface area (Å²) in [5, 5.41) is 3.34. The number of amides is 1. The van der Waals surface area contributed by atoms with Crippen molar-refractivity contribution in [1.82, 2.24) is 4.57 Å². The van der Waals surface area contributed by atoms with Crippen LogP contribution in [0.15, 0.2) is 54.7 Å². The number of aromatic nitrogens is 1. The molecule has 0 radical (unpaired) electrons. The van der Waals surface area contributed by atoms with Gasteiger partial charge in [-0.1, -0.05) is 6.07 Å². The Hall–Kier alpha value is -3.48. The summed E-state index contributed by atoms with van der Waals surface area (Å²) in [5.41, 5.74) is 7.62. The molecule has 26 heavy (non-hydrogen) atoms. The first-order valence-electron chi connectivity index (χ1n) is 7.55. The topological polar surface area (TPSA) is 94.2 Å². The molecule has 3 N–H and O–H groups in total. The summed E-state index contributed by atoms with van der Waals surface area (Å²) >= 11 is 0. The number of nitrogens with two attached hydrogens (primary N) is 1. The highest BCUT2D eigenvalue weighted by atomic mass is 19.1. The third kappa shape index (κ3) is 4.54. The van der Waals surface area contributed by atoms with Crippen molar-refractivity contribution in [2.24, 2.45) is 0 Å². The van der Waals surface area contributed by atoms with Gasteiger partial charge in [-0.3, -0.25) is 4.79 Å². The monoisotopic (exact) mass is 357 g/mol. The number of fused-ring (bicyclic) bond motifs is 1. The van der Waals surface area contributed by atoms with Gasteiger partial charge < -0.3 is 25.2 Å². The Bertz CT molecular complexity index is 860. The number of carbonyl (C=O) groups is 3. The minimum atomic E-state index is -0.461. The zero-order valence-corrected chi connectivity index (χ0v) is 14.3. The van der Waals surface area contributed by atoms with E-state index in [1.165, 1.54) is 6.07 Å². The molecule has 0 saturated heterocycles. The van der Waals surface area contributed by atoms with Crippen LogP contribution < -0.4 is 11.1 Å². The first-order chi connectivity index (χ1) is 12.6. The van der Waals surface area contributed by atoms with Crippen molar-refractivity contribution in [2.75, 3.05) is 11.1 Å². The van der Waals surface area contributed by atoms with Crippen LogP contribution in [0.4, 0.5) is 15.8 Å². The lowest BCUT2D eigenvalue weighted by molar-refractivity contribution is -0.118. The van der Waals surface area contributed by atoms with E-state index in [9.17, 15) is 9.18 Å². The van der Waals surface area contributed by atoms with E-state index in [0.717, 1.165) is 0 Å². The Kier molecular flexibility index (Phi) is 7.69. The summed E-state index contributed by atoms with van der Waals surface area (Å²) in [7, 11) is 0. The second-order valence-electron chi connectivity index (χ2n) is 5.18. The Labute approximate surface area is 150 Å². The first-order valence-corrected chi connectivity index (χ1v) is 7.55. The van der Waals surface area contributed by atoms with Crippen LogP contribution in [0.3, 0.4) is 0 Å². The van der Waals surface area contributed by atoms with Crippen LogP contribution in [0.1, 0.15) is 13.0 Å². The van der Waals surface area contributed by atoms with Crippen molar-refractivity contribution < 1.29 is 18.8 Å². The molecule has 136 valence electrons. The van der Waals surface area contributed by atoms with Crippen LogP contribution in [0.25, 0.3) is 10.9 Å². The molecule has 1 heterocycles. The fraction of sp³-hybridized carbons (Fsp3) is 0.105. The molecule has 0 aliphatic carbocycles. The van der Waals surface area contributed by atoms with Crippen LogP contribution in [0.5, 0.6) is 0 Å². The minimum Gasteiger partial charge on any atom is -0.399 e. The summed E-state index contributed by atoms with van der Waals surface area (Å²) in [6.45, 7) is 5.77. The van der Waals surface area contributed by atoms with Crippen molar-refractivity contribution in [3.8, 4) is 0 Å². The van der Waals surface area contributed by atoms with E-state index < -0.39 is 6.04 Å². The van der Waals surface area contributed by atoms with Gasteiger partial charge in [-0.15, -0.1) is 0 Å². The lowest BCUT2D eigenvalue weighted by Crippen LogP contribution is -2.23. The fourth-order valence-electron chi connectivity index (χ4n) is 2.43. The Morgan fingerprint density at radius 2 is 1.69 bits per heavy atom. The highest BCUT2D eigenvalue weighted by Gasteiger charge is 2.17. The summed E-state index contributed by atoms with van der Waals surface area (Å²) in [4.78, 5) is 28.4. The molecule has 3 aromatic rings. The van der Waals surface area contributed by atoms with Gasteiger partial charge in [0, 0.05) is 23.0 Å². The molecule has 6 nitrogen and oxygen atoms in total. The zero-order valence-electron chi connectivity index (χ0n) is 14.3. The Morgan fingerprint density at radius 1 is 1.08 bits per heavy atom. The first kappa shape index (κ1) is 20.6. The maximum Gasteiger partial charge on any atom is 0.247 e. The molecule has 0 aliphatic heterocycles. The maximum absolute atomic E-state index is 13.7. The molecule has 0 spiro atoms. The fourth-order valence-corrected chi connectivity index (χ4v) is 2.43. The van der Waals surface area contributed by atoms with Crippen LogP contribution >= 0.6 is 0 Å². The maximum atomic E-state index is 13.7. The number of hydrogen-bond donors (Lipinski definition) is 2. The van der Waals surface area contributed by atoms with E-state index in [1.54, 1.807) is 60.2 Å². The van der Waals surface area contributed by atoms with Gasteiger partial charge in [0.15, 0.2) is 0 Å². The van der Waals surface area contributed by atoms with Crippen LogP contribution in [-0.2, 0) is 14.4 Å². The number of nitrogens with zero attached hydrogens (tertiary/aromatic N) is 1. The van der Waals surface area contributed by atoms with Crippen molar-refractivity contribution in [1.29, 1.82) is 0 Å². The van der Waals surface area contributed by atoms with Gasteiger partial charge in [-0.2, -0.15) is 0 Å². The van der Waals surface area contributed by atoms with E-state index in [-0.39, 0.29) is 11.7 Å². The molecule has 1 unspecified atom stereocenters. The van der Waals surface area contributed by atoms with Gasteiger partial charge in [0.1, 0.15) is 25.4 Å². The Morgan fingerprint density at radius 3 is 2.31 bits per heavy atom. The number of hydrogen-bond acceptors (Lipinski definition) is 4. The van der Waals surface area contributed by atoms with Crippen LogP contribution in [0, 0.1) is 5.82 Å². The minimum absolute atomic E-state index is 0.175. The second kappa shape index (κ2) is 9.73. The molecular formula is C19H20FN3O3. The lowest BCUT2D eigenvalue weighted by atomic mass is 10.2. The molecule has 0 fully saturated rings. The van der Waals surface area contributed by atoms with E-state index in [0.29, 0.717) is 22.3 Å². The smallest absolute Gasteiger partial charge is 0.247 e. The van der Waals surface area contributed by atoms with E-state index in [2.05, 4.69) is 5.32 Å². The number of benzene rings is 2. The quantitative estimate of drug-likeness (QED) is 0.704. The average Bonchev–Trinajstić information content (AvgIpc) is 3.11. The summed E-state index contributed by atoms with van der Waals surface area (Å²) in [6.07, 6.45) is 1.72. The number of nitrogen functional groups attached to an aromatic ring is 1. The van der Waals surface area contributed by atoms with E-state index in [4.69, 9.17) is 15.3 Å². The number of carbonyl (C=O) groups excluding carboxylic acids is 3. The highest BCUT2D eigenvalue weighted by Crippen LogP contribution is 2.23. The standard InChI is InChI=1S/C17H16FN3O.2CH2O/c1-11(17(22)20-13-7-5-12(19)6-8-13)21-10-9-14-15(18)3-2-4-16(14)21;2*1-2/h2-11H,19H2,1H3,(H,20,22);2*1H2. The van der Waals surface area contributed by atoms with Crippen LogP contribution in [0.2, 0.25) is 0 Å². The Balaban J connectivity index is 0.000000791. The molecule has 7 heteroatoms. The van der Waals surface area contributed by atoms with E-state index in [1.807, 2.05) is 13.6 Å². The van der Waals surface area contributed by atoms with Gasteiger partial charge >= 0.3 is 0 Å². The lowest BCUT2D eigenvalue weighted by Gasteiger charge is -2.15. The number of anilines is 2. The molecule has 0 bridgehead atoms. The zero-order chi connectivity index (χ0) is 19.7. The predicted octanol–water partition coefficient (Wildman–Crippen LogP) is 3.19. The third-order valence-corrected chi connectivity index (χ3v) is 3.68. The third-order valence-electron chi connectivity index (χ3n) is 3.68. The molecular weight excluding hydrogens is 337 g/mol. The number of rotatable bonds is 3. The summed E-state index contributed by atoms with van der Waals surface area (Å²) in [6, 6.07) is 13.0. The second-order valence-corrected chi connectivity index (χ2v) is 5.18. The predicted molar refractivity (Wildman–Crippen MR) is 100 cm³/mol. The summed E-state index contributed by atoms with van der Waals surface area (Å²) in [5.74, 6) is -0.464. The van der Waals surface area contributed by atoms with Crippen molar-refractivity contribution in [3.63, 3.8) is 0 Å². The molecule has 1 aromatic heterocycles. The van der Waals surface area contributed by atoms with Crippen LogP contribution in [-0.4, -0.2) is 24.1 Å². The van der Waals surface area contributed by atoms with Gasteiger partial charge in [0.25, 0.3) is 0 Å². The molecule has 0 saturated carbocycles. The van der Waals surface area contributed by atoms with Crippen molar-refractivity contribution >= 4 is 41.8 Å². The van der Waals surface area contributed by atoms with Crippen molar-refractivity contribution in [3.05, 3.63) is 60.5 Å². The normalized spacial score (nSPS) is 10.7. The molecule has 1 amide bonds. The van der Waals surface area contributed by atoms with E-state index >= 15 is 0 Å². The summed E-state index contributed by atoms with van der Waals surface area (Å²) < 4.78 is 15.5. The molecule has 3 rings (SSSR count). The molecule has 2 aromatic carbocycles. The largest absolute Gasteiger partial charge is 0.399 e. The van der Waals surface area contributed by atoms with Gasteiger partial charge in [0.2, 0.25) is 5.91 Å². The van der Waals surface area contributed by atoms with Gasteiger partial charge in [0.05, 0.1) is 5.52 Å². The van der Waals surface area contributed by atoms with Gasteiger partial charge in [-0.05, 0) is 49.4 Å². The molecule has 0 aliphatic rings. The molecule has 1 atom stereocenters. The average molecular weight is 357 g/mol. The van der Waals surface area contributed by atoms with Gasteiger partial charge in [-0.25, -0.2) is 4.39 Å². The highest BCUT2D eigenvalue weighted by molar-refractivity contribution is 5.95. The van der Waals surface area contributed by atoms with Crippen molar-refractivity contribution in [2.45, 2.75) is 13.0 Å². The number of nitrogens with one attached hydrogen (secondary N) is 1. The number of halogens is 1. The SMILES string of the molecule is C=O.C=O.CC(C(=O)Nc1ccc(N)cc1)n1ccc2c(F)cccc21.